The second kappa shape index (κ2) is 5.52. The Bertz CT molecular complexity index is 727. The molecule has 0 atom stereocenters. The van der Waals surface area contributed by atoms with Gasteiger partial charge in [0.2, 0.25) is 0 Å². The number of hydrogen-bond acceptors (Lipinski definition) is 0. The van der Waals surface area contributed by atoms with Crippen molar-refractivity contribution in [2.24, 2.45) is 0 Å². The molecule has 0 fully saturated rings. The Morgan fingerprint density at radius 1 is 0.650 bits per heavy atom. The van der Waals surface area contributed by atoms with Gasteiger partial charge in [-0.15, -0.1) is 0 Å². The molecule has 0 amide bonds. The van der Waals surface area contributed by atoms with Gasteiger partial charge in [-0.3, -0.25) is 0 Å². The molecule has 0 heterocycles. The van der Waals surface area contributed by atoms with E-state index in [9.17, 15) is 0 Å². The van der Waals surface area contributed by atoms with E-state index >= 15 is 0 Å². The van der Waals surface area contributed by atoms with Crippen LogP contribution < -0.4 is 0 Å². The van der Waals surface area contributed by atoms with Crippen LogP contribution in [0.3, 0.4) is 0 Å². The monoisotopic (exact) mass is 278 g/mol. The largest absolute Gasteiger partial charge is 0.0837 e. The number of rotatable bonds is 2. The van der Waals surface area contributed by atoms with Gasteiger partial charge in [-0.25, -0.2) is 0 Å². The minimum Gasteiger partial charge on any atom is -0.0837 e. The van der Waals surface area contributed by atoms with Crippen LogP contribution >= 0.6 is 11.6 Å². The van der Waals surface area contributed by atoms with Crippen molar-refractivity contribution in [2.45, 2.75) is 6.92 Å². The summed E-state index contributed by atoms with van der Waals surface area (Å²) in [6, 6.07) is 25.0. The molecule has 0 bridgehead atoms. The van der Waals surface area contributed by atoms with Gasteiger partial charge in [0.15, 0.2) is 0 Å². The third-order valence-electron chi connectivity index (χ3n) is 3.43. The fourth-order valence-electron chi connectivity index (χ4n) is 2.31. The zero-order chi connectivity index (χ0) is 13.9. The van der Waals surface area contributed by atoms with E-state index in [1.54, 1.807) is 0 Å². The third-order valence-corrected chi connectivity index (χ3v) is 3.76. The Morgan fingerprint density at radius 2 is 1.35 bits per heavy atom. The Kier molecular flexibility index (Phi) is 3.58. The highest BCUT2D eigenvalue weighted by Crippen LogP contribution is 2.30. The molecular weight excluding hydrogens is 264 g/mol. The van der Waals surface area contributed by atoms with Crippen molar-refractivity contribution in [3.63, 3.8) is 0 Å². The smallest absolute Gasteiger partial charge is 0.0484 e. The van der Waals surface area contributed by atoms with Crippen molar-refractivity contribution in [1.29, 1.82) is 0 Å². The quantitative estimate of drug-likeness (QED) is 0.541. The van der Waals surface area contributed by atoms with Gasteiger partial charge in [0.25, 0.3) is 0 Å². The zero-order valence-electron chi connectivity index (χ0n) is 11.3. The summed E-state index contributed by atoms with van der Waals surface area (Å²) in [5, 5.41) is 0.786. The highest BCUT2D eigenvalue weighted by Gasteiger charge is 2.04. The van der Waals surface area contributed by atoms with Crippen LogP contribution in [0, 0.1) is 6.92 Å². The predicted octanol–water partition coefficient (Wildman–Crippen LogP) is 5.98. The summed E-state index contributed by atoms with van der Waals surface area (Å²) in [6.07, 6.45) is 0. The van der Waals surface area contributed by atoms with E-state index in [2.05, 4.69) is 61.5 Å². The van der Waals surface area contributed by atoms with E-state index in [1.807, 2.05) is 18.2 Å². The van der Waals surface area contributed by atoms with Crippen LogP contribution in [0.5, 0.6) is 0 Å². The van der Waals surface area contributed by atoms with E-state index in [4.69, 9.17) is 11.6 Å². The molecular formula is C19H15Cl. The average molecular weight is 279 g/mol. The summed E-state index contributed by atoms with van der Waals surface area (Å²) in [5.41, 5.74) is 5.93. The zero-order valence-corrected chi connectivity index (χ0v) is 12.1. The molecule has 0 unspecified atom stereocenters. The van der Waals surface area contributed by atoms with E-state index < -0.39 is 0 Å². The summed E-state index contributed by atoms with van der Waals surface area (Å²) >= 11 is 6.28. The van der Waals surface area contributed by atoms with E-state index in [-0.39, 0.29) is 0 Å². The van der Waals surface area contributed by atoms with Gasteiger partial charge in [0.1, 0.15) is 0 Å². The van der Waals surface area contributed by atoms with Crippen LogP contribution in [0.4, 0.5) is 0 Å². The Hall–Kier alpha value is -2.05. The van der Waals surface area contributed by atoms with Crippen LogP contribution in [0.15, 0.2) is 72.8 Å². The van der Waals surface area contributed by atoms with Gasteiger partial charge in [0.05, 0.1) is 0 Å². The van der Waals surface area contributed by atoms with E-state index in [0.29, 0.717) is 0 Å². The molecule has 0 aliphatic carbocycles. The van der Waals surface area contributed by atoms with Gasteiger partial charge < -0.3 is 0 Å². The molecule has 3 rings (SSSR count). The summed E-state index contributed by atoms with van der Waals surface area (Å²) in [7, 11) is 0. The molecule has 0 N–H and O–H groups in total. The SMILES string of the molecule is Cc1ccc(-c2cccc(-c3ccccc3Cl)c2)cc1. The van der Waals surface area contributed by atoms with Crippen molar-refractivity contribution in [2.75, 3.05) is 0 Å². The van der Waals surface area contributed by atoms with Gasteiger partial charge in [-0.05, 0) is 35.7 Å². The highest BCUT2D eigenvalue weighted by molar-refractivity contribution is 6.33. The second-order valence-corrected chi connectivity index (χ2v) is 5.33. The molecule has 0 radical (unpaired) electrons. The van der Waals surface area contributed by atoms with Gasteiger partial charge in [-0.1, -0.05) is 77.8 Å². The molecule has 0 aromatic heterocycles. The maximum Gasteiger partial charge on any atom is 0.0484 e. The third kappa shape index (κ3) is 2.61. The van der Waals surface area contributed by atoms with Crippen molar-refractivity contribution in [3.8, 4) is 22.3 Å². The first-order valence-corrected chi connectivity index (χ1v) is 7.04. The van der Waals surface area contributed by atoms with Crippen molar-refractivity contribution < 1.29 is 0 Å². The van der Waals surface area contributed by atoms with Crippen molar-refractivity contribution >= 4 is 11.6 Å². The van der Waals surface area contributed by atoms with E-state index in [1.165, 1.54) is 16.7 Å². The lowest BCUT2D eigenvalue weighted by molar-refractivity contribution is 1.47. The molecule has 0 nitrogen and oxygen atoms in total. The topological polar surface area (TPSA) is 0 Å². The molecule has 0 saturated carbocycles. The summed E-state index contributed by atoms with van der Waals surface area (Å²) < 4.78 is 0. The molecule has 0 aliphatic heterocycles. The number of aryl methyl sites for hydroxylation is 1. The molecule has 1 heteroatoms. The number of hydrogen-bond donors (Lipinski definition) is 0. The minimum absolute atomic E-state index is 0.786. The van der Waals surface area contributed by atoms with Crippen LogP contribution in [0.25, 0.3) is 22.3 Å². The average Bonchev–Trinajstić information content (AvgIpc) is 2.49. The lowest BCUT2D eigenvalue weighted by Gasteiger charge is -2.08. The maximum absolute atomic E-state index is 6.28. The van der Waals surface area contributed by atoms with Crippen molar-refractivity contribution in [3.05, 3.63) is 83.4 Å². The van der Waals surface area contributed by atoms with Crippen LogP contribution in [-0.4, -0.2) is 0 Å². The molecule has 20 heavy (non-hydrogen) atoms. The number of benzene rings is 3. The summed E-state index contributed by atoms with van der Waals surface area (Å²) in [6.45, 7) is 2.10. The first-order chi connectivity index (χ1) is 9.74. The van der Waals surface area contributed by atoms with Gasteiger partial charge in [0, 0.05) is 10.6 Å². The lowest BCUT2D eigenvalue weighted by Crippen LogP contribution is -1.82. The van der Waals surface area contributed by atoms with Crippen molar-refractivity contribution in [1.82, 2.24) is 0 Å². The van der Waals surface area contributed by atoms with Crippen LogP contribution in [-0.2, 0) is 0 Å². The van der Waals surface area contributed by atoms with E-state index in [0.717, 1.165) is 16.1 Å². The summed E-state index contributed by atoms with van der Waals surface area (Å²) in [4.78, 5) is 0. The highest BCUT2D eigenvalue weighted by atomic mass is 35.5. The molecule has 0 aliphatic rings. The second-order valence-electron chi connectivity index (χ2n) is 4.93. The minimum atomic E-state index is 0.786. The first kappa shape index (κ1) is 13.0. The lowest BCUT2D eigenvalue weighted by atomic mass is 9.98. The molecule has 0 spiro atoms. The fraction of sp³-hybridized carbons (Fsp3) is 0.0526. The molecule has 98 valence electrons. The first-order valence-electron chi connectivity index (χ1n) is 6.66. The Labute approximate surface area is 124 Å². The van der Waals surface area contributed by atoms with Crippen LogP contribution in [0.1, 0.15) is 5.56 Å². The predicted molar refractivity (Wildman–Crippen MR) is 87.1 cm³/mol. The van der Waals surface area contributed by atoms with Gasteiger partial charge >= 0.3 is 0 Å². The molecule has 3 aromatic carbocycles. The normalized spacial score (nSPS) is 10.5. The standard InChI is InChI=1S/C19H15Cl/c1-14-9-11-15(12-10-14)16-5-4-6-17(13-16)18-7-2-3-8-19(18)20/h2-13H,1H3. The van der Waals surface area contributed by atoms with Gasteiger partial charge in [-0.2, -0.15) is 0 Å². The molecule has 0 saturated heterocycles. The Morgan fingerprint density at radius 3 is 2.10 bits per heavy atom. The van der Waals surface area contributed by atoms with Crippen LogP contribution in [0.2, 0.25) is 5.02 Å². The number of halogens is 1. The maximum atomic E-state index is 6.28. The fourth-order valence-corrected chi connectivity index (χ4v) is 2.55. The summed E-state index contributed by atoms with van der Waals surface area (Å²) in [5.74, 6) is 0. The molecule has 3 aromatic rings. The Balaban J connectivity index is 2.06.